The Bertz CT molecular complexity index is 679. The summed E-state index contributed by atoms with van der Waals surface area (Å²) in [5.74, 6) is 0.810. The van der Waals surface area contributed by atoms with Gasteiger partial charge >= 0.3 is 0 Å². The van der Waals surface area contributed by atoms with Crippen LogP contribution in [-0.4, -0.2) is 25.8 Å². The predicted octanol–water partition coefficient (Wildman–Crippen LogP) is 2.62. The number of aliphatic imine (C=N–C) groups is 1. The Morgan fingerprint density at radius 3 is 2.59 bits per heavy atom. The van der Waals surface area contributed by atoms with E-state index in [1.165, 1.54) is 0 Å². The van der Waals surface area contributed by atoms with E-state index in [4.69, 9.17) is 15.2 Å². The molecule has 22 heavy (non-hydrogen) atoms. The molecule has 0 heterocycles. The first-order valence-electron chi connectivity index (χ1n) is 6.78. The second-order valence-electron chi connectivity index (χ2n) is 4.76. The van der Waals surface area contributed by atoms with Crippen LogP contribution < -0.4 is 15.2 Å². The Balaban J connectivity index is 2.10. The van der Waals surface area contributed by atoms with Crippen LogP contribution in [-0.2, 0) is 4.79 Å². The van der Waals surface area contributed by atoms with Gasteiger partial charge in [0.1, 0.15) is 17.2 Å². The highest BCUT2D eigenvalue weighted by Gasteiger charge is 2.01. The second-order valence-corrected chi connectivity index (χ2v) is 4.76. The normalized spacial score (nSPS) is 10.6. The van der Waals surface area contributed by atoms with Gasteiger partial charge < -0.3 is 15.2 Å². The van der Waals surface area contributed by atoms with Gasteiger partial charge in [-0.1, -0.05) is 6.07 Å². The Morgan fingerprint density at radius 2 is 1.95 bits per heavy atom. The predicted molar refractivity (Wildman–Crippen MR) is 86.1 cm³/mol. The molecule has 0 atom stereocenters. The quantitative estimate of drug-likeness (QED) is 0.833. The summed E-state index contributed by atoms with van der Waals surface area (Å²) in [6.45, 7) is 1.87. The molecule has 0 saturated heterocycles. The molecule has 0 fully saturated rings. The lowest BCUT2D eigenvalue weighted by atomic mass is 10.2. The smallest absolute Gasteiger partial charge is 0.255 e. The number of nitrogens with two attached hydrogens (primary N) is 1. The summed E-state index contributed by atoms with van der Waals surface area (Å²) in [6, 6.07) is 13.0. The van der Waals surface area contributed by atoms with Gasteiger partial charge in [0.2, 0.25) is 0 Å². The SMILES string of the molecule is COc1ccc(C)cc1N=Cc1ccc(OCC(N)=O)cc1. The average Bonchev–Trinajstić information content (AvgIpc) is 2.52. The van der Waals surface area contributed by atoms with Crippen molar-refractivity contribution in [2.24, 2.45) is 10.7 Å². The summed E-state index contributed by atoms with van der Waals surface area (Å²) in [5, 5.41) is 0. The van der Waals surface area contributed by atoms with Gasteiger partial charge in [-0.25, -0.2) is 0 Å². The van der Waals surface area contributed by atoms with Crippen LogP contribution in [0.5, 0.6) is 11.5 Å². The zero-order chi connectivity index (χ0) is 15.9. The summed E-state index contributed by atoms with van der Waals surface area (Å²) in [6.07, 6.45) is 1.75. The Kier molecular flexibility index (Phi) is 5.14. The highest BCUT2D eigenvalue weighted by atomic mass is 16.5. The third-order valence-corrected chi connectivity index (χ3v) is 2.95. The van der Waals surface area contributed by atoms with Gasteiger partial charge in [0.05, 0.1) is 7.11 Å². The van der Waals surface area contributed by atoms with E-state index in [2.05, 4.69) is 4.99 Å². The van der Waals surface area contributed by atoms with Crippen LogP contribution in [0, 0.1) is 6.92 Å². The van der Waals surface area contributed by atoms with Crippen molar-refractivity contribution in [3.63, 3.8) is 0 Å². The molecule has 0 aliphatic heterocycles. The molecule has 5 nitrogen and oxygen atoms in total. The minimum atomic E-state index is -0.503. The maximum Gasteiger partial charge on any atom is 0.255 e. The molecule has 0 aromatic heterocycles. The number of ether oxygens (including phenoxy) is 2. The molecule has 0 aliphatic carbocycles. The van der Waals surface area contributed by atoms with Gasteiger partial charge in [-0.2, -0.15) is 0 Å². The summed E-state index contributed by atoms with van der Waals surface area (Å²) < 4.78 is 10.5. The van der Waals surface area contributed by atoms with Crippen molar-refractivity contribution in [2.45, 2.75) is 6.92 Å². The molecule has 1 amide bonds. The first-order valence-corrected chi connectivity index (χ1v) is 6.78. The van der Waals surface area contributed by atoms with Gasteiger partial charge in [-0.3, -0.25) is 9.79 Å². The van der Waals surface area contributed by atoms with Gasteiger partial charge in [0, 0.05) is 6.21 Å². The van der Waals surface area contributed by atoms with E-state index < -0.39 is 5.91 Å². The molecular weight excluding hydrogens is 280 g/mol. The summed E-state index contributed by atoms with van der Waals surface area (Å²) in [7, 11) is 1.62. The number of hydrogen-bond donors (Lipinski definition) is 1. The molecule has 2 rings (SSSR count). The number of carbonyl (C=O) groups is 1. The maximum atomic E-state index is 10.7. The third-order valence-electron chi connectivity index (χ3n) is 2.95. The van der Waals surface area contributed by atoms with E-state index in [0.29, 0.717) is 5.75 Å². The lowest BCUT2D eigenvalue weighted by Gasteiger charge is -2.05. The number of nitrogens with zero attached hydrogens (tertiary/aromatic N) is 1. The zero-order valence-electron chi connectivity index (χ0n) is 12.6. The van der Waals surface area contributed by atoms with Crippen LogP contribution in [0.2, 0.25) is 0 Å². The lowest BCUT2D eigenvalue weighted by Crippen LogP contribution is -2.19. The monoisotopic (exact) mass is 298 g/mol. The van der Waals surface area contributed by atoms with Crippen LogP contribution in [0.1, 0.15) is 11.1 Å². The Morgan fingerprint density at radius 1 is 1.23 bits per heavy atom. The van der Waals surface area contributed by atoms with Crippen LogP contribution in [0.3, 0.4) is 0 Å². The standard InChI is InChI=1S/C17H18N2O3/c1-12-3-8-16(21-2)15(9-12)19-10-13-4-6-14(7-5-13)22-11-17(18)20/h3-10H,11H2,1-2H3,(H2,18,20). The molecule has 2 aromatic carbocycles. The van der Waals surface area contributed by atoms with E-state index in [0.717, 1.165) is 22.6 Å². The number of amides is 1. The molecule has 2 aromatic rings. The van der Waals surface area contributed by atoms with Crippen molar-refractivity contribution >= 4 is 17.8 Å². The van der Waals surface area contributed by atoms with Gasteiger partial charge in [0.25, 0.3) is 5.91 Å². The molecular formula is C17H18N2O3. The molecule has 0 spiro atoms. The van der Waals surface area contributed by atoms with Crippen molar-refractivity contribution in [3.8, 4) is 11.5 Å². The zero-order valence-corrected chi connectivity index (χ0v) is 12.6. The average molecular weight is 298 g/mol. The minimum absolute atomic E-state index is 0.131. The molecule has 2 N–H and O–H groups in total. The highest BCUT2D eigenvalue weighted by Crippen LogP contribution is 2.28. The van der Waals surface area contributed by atoms with Crippen LogP contribution >= 0.6 is 0 Å². The first kappa shape index (κ1) is 15.6. The fourth-order valence-electron chi connectivity index (χ4n) is 1.85. The molecule has 0 unspecified atom stereocenters. The van der Waals surface area contributed by atoms with Crippen molar-refractivity contribution in [1.29, 1.82) is 0 Å². The summed E-state index contributed by atoms with van der Waals surface area (Å²) in [5.41, 5.74) is 7.83. The van der Waals surface area contributed by atoms with Crippen LogP contribution in [0.15, 0.2) is 47.5 Å². The van der Waals surface area contributed by atoms with E-state index in [-0.39, 0.29) is 6.61 Å². The molecule has 114 valence electrons. The number of primary amides is 1. The van der Waals surface area contributed by atoms with Crippen molar-refractivity contribution < 1.29 is 14.3 Å². The van der Waals surface area contributed by atoms with Crippen LogP contribution in [0.4, 0.5) is 5.69 Å². The van der Waals surface area contributed by atoms with Gasteiger partial charge in [0.15, 0.2) is 6.61 Å². The largest absolute Gasteiger partial charge is 0.494 e. The molecule has 0 aliphatic rings. The fourth-order valence-corrected chi connectivity index (χ4v) is 1.85. The number of rotatable bonds is 6. The topological polar surface area (TPSA) is 73.9 Å². The number of aryl methyl sites for hydroxylation is 1. The van der Waals surface area contributed by atoms with Crippen molar-refractivity contribution in [2.75, 3.05) is 13.7 Å². The van der Waals surface area contributed by atoms with Crippen molar-refractivity contribution in [3.05, 3.63) is 53.6 Å². The Hall–Kier alpha value is -2.82. The van der Waals surface area contributed by atoms with E-state index in [1.54, 1.807) is 25.5 Å². The molecule has 0 saturated carbocycles. The van der Waals surface area contributed by atoms with E-state index >= 15 is 0 Å². The van der Waals surface area contributed by atoms with Crippen LogP contribution in [0.25, 0.3) is 0 Å². The number of hydrogen-bond acceptors (Lipinski definition) is 4. The summed E-state index contributed by atoms with van der Waals surface area (Å²) >= 11 is 0. The lowest BCUT2D eigenvalue weighted by molar-refractivity contribution is -0.119. The fraction of sp³-hybridized carbons (Fsp3) is 0.176. The number of methoxy groups -OCH3 is 1. The molecule has 0 bridgehead atoms. The van der Waals surface area contributed by atoms with Crippen molar-refractivity contribution in [1.82, 2.24) is 0 Å². The Labute approximate surface area is 129 Å². The van der Waals surface area contributed by atoms with Gasteiger partial charge in [-0.05, 0) is 54.4 Å². The van der Waals surface area contributed by atoms with E-state index in [9.17, 15) is 4.79 Å². The van der Waals surface area contributed by atoms with Gasteiger partial charge in [-0.15, -0.1) is 0 Å². The third kappa shape index (κ3) is 4.34. The second kappa shape index (κ2) is 7.26. The first-order chi connectivity index (χ1) is 10.6. The number of carbonyl (C=O) groups excluding carboxylic acids is 1. The maximum absolute atomic E-state index is 10.7. The summed E-state index contributed by atoms with van der Waals surface area (Å²) in [4.78, 5) is 15.1. The highest BCUT2D eigenvalue weighted by molar-refractivity contribution is 5.83. The molecule has 5 heteroatoms. The molecule has 0 radical (unpaired) electrons. The van der Waals surface area contributed by atoms with E-state index in [1.807, 2.05) is 37.3 Å². The number of benzene rings is 2. The minimum Gasteiger partial charge on any atom is -0.494 e.